The van der Waals surface area contributed by atoms with Gasteiger partial charge in [-0.2, -0.15) is 0 Å². The van der Waals surface area contributed by atoms with E-state index in [2.05, 4.69) is 10.9 Å². The third-order valence-electron chi connectivity index (χ3n) is 4.90. The second kappa shape index (κ2) is 9.25. The highest BCUT2D eigenvalue weighted by molar-refractivity contribution is 6.01. The number of hydrazine groups is 1. The van der Waals surface area contributed by atoms with E-state index in [4.69, 9.17) is 4.74 Å². The van der Waals surface area contributed by atoms with Gasteiger partial charge in [0.1, 0.15) is 5.75 Å². The zero-order chi connectivity index (χ0) is 21.7. The molecule has 1 saturated heterocycles. The number of ether oxygens (including phenoxy) is 1. The van der Waals surface area contributed by atoms with Gasteiger partial charge in [0.15, 0.2) is 6.61 Å². The van der Waals surface area contributed by atoms with E-state index in [1.54, 1.807) is 6.07 Å². The van der Waals surface area contributed by atoms with Crippen LogP contribution in [0.3, 0.4) is 0 Å². The molecule has 2 N–H and O–H groups in total. The van der Waals surface area contributed by atoms with Crippen molar-refractivity contribution in [3.8, 4) is 5.75 Å². The highest BCUT2D eigenvalue weighted by atomic mass is 16.6. The minimum Gasteiger partial charge on any atom is -0.483 e. The molecule has 30 heavy (non-hydrogen) atoms. The van der Waals surface area contributed by atoms with Crippen molar-refractivity contribution >= 4 is 23.2 Å². The molecular weight excluding hydrogens is 388 g/mol. The first-order chi connectivity index (χ1) is 14.3. The quantitative estimate of drug-likeness (QED) is 0.557. The van der Waals surface area contributed by atoms with Crippen molar-refractivity contribution in [2.24, 2.45) is 0 Å². The first-order valence-electron chi connectivity index (χ1n) is 9.68. The second-order valence-corrected chi connectivity index (χ2v) is 7.21. The molecule has 1 heterocycles. The van der Waals surface area contributed by atoms with E-state index in [-0.39, 0.29) is 17.9 Å². The Balaban J connectivity index is 1.64. The zero-order valence-corrected chi connectivity index (χ0v) is 16.9. The maximum Gasteiger partial charge on any atom is 0.276 e. The number of carbonyl (C=O) groups excluding carboxylic acids is 2. The van der Waals surface area contributed by atoms with Crippen LogP contribution in [-0.4, -0.2) is 36.4 Å². The lowest BCUT2D eigenvalue weighted by molar-refractivity contribution is -0.384. The van der Waals surface area contributed by atoms with Crippen LogP contribution in [-0.2, 0) is 4.79 Å². The maximum atomic E-state index is 12.7. The fourth-order valence-electron chi connectivity index (χ4n) is 3.29. The summed E-state index contributed by atoms with van der Waals surface area (Å²) in [6.07, 6.45) is 1.98. The number of nitro benzene ring substituents is 1. The van der Waals surface area contributed by atoms with Gasteiger partial charge in [0.2, 0.25) is 0 Å². The number of amides is 2. The van der Waals surface area contributed by atoms with E-state index < -0.39 is 16.7 Å². The average molecular weight is 412 g/mol. The van der Waals surface area contributed by atoms with Crippen LogP contribution in [0.25, 0.3) is 0 Å². The zero-order valence-electron chi connectivity index (χ0n) is 16.9. The monoisotopic (exact) mass is 412 g/mol. The number of non-ortho nitro benzene ring substituents is 1. The van der Waals surface area contributed by atoms with Gasteiger partial charge < -0.3 is 9.64 Å². The molecule has 158 valence electrons. The van der Waals surface area contributed by atoms with Crippen molar-refractivity contribution in [1.29, 1.82) is 0 Å². The number of nitrogens with zero attached hydrogens (tertiary/aromatic N) is 2. The summed E-state index contributed by atoms with van der Waals surface area (Å²) in [7, 11) is 0. The van der Waals surface area contributed by atoms with Crippen LogP contribution < -0.4 is 20.5 Å². The van der Waals surface area contributed by atoms with Gasteiger partial charge >= 0.3 is 0 Å². The van der Waals surface area contributed by atoms with Crippen molar-refractivity contribution in [3.63, 3.8) is 0 Å². The summed E-state index contributed by atoms with van der Waals surface area (Å²) in [5.41, 5.74) is 7.08. The predicted molar refractivity (Wildman–Crippen MR) is 112 cm³/mol. The molecule has 0 bridgehead atoms. The van der Waals surface area contributed by atoms with Crippen LogP contribution in [0.2, 0.25) is 0 Å². The summed E-state index contributed by atoms with van der Waals surface area (Å²) in [5, 5.41) is 11.1. The summed E-state index contributed by atoms with van der Waals surface area (Å²) >= 11 is 0. The molecule has 1 aliphatic heterocycles. The molecule has 3 rings (SSSR count). The van der Waals surface area contributed by atoms with Crippen molar-refractivity contribution < 1.29 is 19.2 Å². The van der Waals surface area contributed by atoms with E-state index in [0.29, 0.717) is 11.4 Å². The van der Waals surface area contributed by atoms with E-state index in [0.717, 1.165) is 37.1 Å². The van der Waals surface area contributed by atoms with Crippen LogP contribution in [0.1, 0.15) is 34.3 Å². The predicted octanol–water partition coefficient (Wildman–Crippen LogP) is 2.65. The summed E-state index contributed by atoms with van der Waals surface area (Å²) in [6, 6.07) is 9.84. The minimum atomic E-state index is -0.624. The van der Waals surface area contributed by atoms with Gasteiger partial charge in [-0.25, -0.2) is 0 Å². The Hall–Kier alpha value is -3.62. The lowest BCUT2D eigenvalue weighted by Gasteiger charge is -2.21. The lowest BCUT2D eigenvalue weighted by atomic mass is 10.1. The van der Waals surface area contributed by atoms with Gasteiger partial charge in [0.25, 0.3) is 17.5 Å². The standard InChI is InChI=1S/C21H24N4O5/c1-14-5-6-15(2)19(11-14)30-13-20(26)22-23-21(27)17-12-16(25(28)29)7-8-18(17)24-9-3-4-10-24/h5-8,11-12H,3-4,9-10,13H2,1-2H3,(H,22,26)(H,23,27). The third kappa shape index (κ3) is 5.05. The minimum absolute atomic E-state index is 0.141. The fourth-order valence-corrected chi connectivity index (χ4v) is 3.29. The normalized spacial score (nSPS) is 13.1. The number of rotatable bonds is 6. The van der Waals surface area contributed by atoms with Gasteiger partial charge in [-0.3, -0.25) is 30.6 Å². The number of anilines is 1. The molecule has 2 amide bonds. The van der Waals surface area contributed by atoms with Gasteiger partial charge in [-0.15, -0.1) is 0 Å². The van der Waals surface area contributed by atoms with Gasteiger partial charge in [0.05, 0.1) is 16.2 Å². The van der Waals surface area contributed by atoms with Gasteiger partial charge in [-0.1, -0.05) is 12.1 Å². The molecule has 0 radical (unpaired) electrons. The van der Waals surface area contributed by atoms with Crippen LogP contribution in [0.15, 0.2) is 36.4 Å². The Labute approximate surface area is 174 Å². The van der Waals surface area contributed by atoms with Gasteiger partial charge in [0, 0.05) is 25.2 Å². The first kappa shape index (κ1) is 21.1. The molecule has 0 saturated carbocycles. The van der Waals surface area contributed by atoms with Crippen LogP contribution in [0.4, 0.5) is 11.4 Å². The summed E-state index contributed by atoms with van der Waals surface area (Å²) in [5.74, 6) is -0.579. The summed E-state index contributed by atoms with van der Waals surface area (Å²) in [6.45, 7) is 5.06. The molecule has 2 aromatic carbocycles. The number of nitro groups is 1. The van der Waals surface area contributed by atoms with E-state index >= 15 is 0 Å². The molecule has 0 spiro atoms. The van der Waals surface area contributed by atoms with Crippen LogP contribution >= 0.6 is 0 Å². The number of benzene rings is 2. The van der Waals surface area contributed by atoms with Gasteiger partial charge in [-0.05, 0) is 49.9 Å². The largest absolute Gasteiger partial charge is 0.483 e. The molecule has 0 aromatic heterocycles. The van der Waals surface area contributed by atoms with E-state index in [1.807, 2.05) is 36.9 Å². The van der Waals surface area contributed by atoms with Crippen LogP contribution in [0, 0.1) is 24.0 Å². The van der Waals surface area contributed by atoms with Crippen molar-refractivity contribution in [2.75, 3.05) is 24.6 Å². The Bertz CT molecular complexity index is 970. The van der Waals surface area contributed by atoms with Crippen molar-refractivity contribution in [3.05, 3.63) is 63.2 Å². The number of carbonyl (C=O) groups is 2. The summed E-state index contributed by atoms with van der Waals surface area (Å²) < 4.78 is 5.51. The third-order valence-corrected chi connectivity index (χ3v) is 4.90. The highest BCUT2D eigenvalue weighted by Crippen LogP contribution is 2.28. The maximum absolute atomic E-state index is 12.7. The smallest absolute Gasteiger partial charge is 0.276 e. The molecule has 9 heteroatoms. The van der Waals surface area contributed by atoms with Crippen LogP contribution in [0.5, 0.6) is 5.75 Å². The lowest BCUT2D eigenvalue weighted by Crippen LogP contribution is -2.44. The molecular formula is C21H24N4O5. The average Bonchev–Trinajstić information content (AvgIpc) is 3.26. The number of nitrogens with one attached hydrogen (secondary N) is 2. The Kier molecular flexibility index (Phi) is 6.51. The molecule has 0 atom stereocenters. The SMILES string of the molecule is Cc1ccc(C)c(OCC(=O)NNC(=O)c2cc([N+](=O)[O-])ccc2N2CCCC2)c1. The first-order valence-corrected chi connectivity index (χ1v) is 9.68. The molecule has 1 aliphatic rings. The van der Waals surface area contributed by atoms with Crippen molar-refractivity contribution in [2.45, 2.75) is 26.7 Å². The Morgan fingerprint density at radius 2 is 1.83 bits per heavy atom. The topological polar surface area (TPSA) is 114 Å². The van der Waals surface area contributed by atoms with Crippen molar-refractivity contribution in [1.82, 2.24) is 10.9 Å². The molecule has 1 fully saturated rings. The Morgan fingerprint density at radius 1 is 1.10 bits per heavy atom. The second-order valence-electron chi connectivity index (χ2n) is 7.21. The fraction of sp³-hybridized carbons (Fsp3) is 0.333. The number of aryl methyl sites for hydroxylation is 2. The Morgan fingerprint density at radius 3 is 2.53 bits per heavy atom. The molecule has 2 aromatic rings. The highest BCUT2D eigenvalue weighted by Gasteiger charge is 2.23. The molecule has 0 unspecified atom stereocenters. The van der Waals surface area contributed by atoms with E-state index in [9.17, 15) is 19.7 Å². The van der Waals surface area contributed by atoms with E-state index in [1.165, 1.54) is 12.1 Å². The molecule has 0 aliphatic carbocycles. The number of hydrogen-bond acceptors (Lipinski definition) is 6. The number of hydrogen-bond donors (Lipinski definition) is 2. The summed E-state index contributed by atoms with van der Waals surface area (Å²) in [4.78, 5) is 37.3. The molecule has 9 nitrogen and oxygen atoms in total.